The Morgan fingerprint density at radius 3 is 2.42 bits per heavy atom. The molecule has 3 aromatic carbocycles. The summed E-state index contributed by atoms with van der Waals surface area (Å²) in [6.45, 7) is 2.47. The van der Waals surface area contributed by atoms with Gasteiger partial charge in [0.15, 0.2) is 11.5 Å². The normalized spacial score (nSPS) is 14.4. The van der Waals surface area contributed by atoms with Gasteiger partial charge in [-0.2, -0.15) is 0 Å². The molecule has 1 aromatic heterocycles. The van der Waals surface area contributed by atoms with Crippen LogP contribution in [-0.2, 0) is 11.2 Å². The number of benzene rings is 3. The van der Waals surface area contributed by atoms with E-state index in [4.69, 9.17) is 23.4 Å². The van der Waals surface area contributed by atoms with Crippen LogP contribution in [0.15, 0.2) is 75.9 Å². The Morgan fingerprint density at radius 1 is 0.975 bits per heavy atom. The number of methoxy groups -OCH3 is 2. The van der Waals surface area contributed by atoms with E-state index < -0.39 is 23.5 Å². The first-order chi connectivity index (χ1) is 19.4. The van der Waals surface area contributed by atoms with Crippen LogP contribution < -0.4 is 19.8 Å². The Kier molecular flexibility index (Phi) is 7.72. The molecule has 2 heterocycles. The average Bonchev–Trinajstić information content (AvgIpc) is 2.98. The van der Waals surface area contributed by atoms with Gasteiger partial charge < -0.3 is 28.3 Å². The molecule has 1 amide bonds. The van der Waals surface area contributed by atoms with Crippen molar-refractivity contribution < 1.29 is 33.0 Å². The van der Waals surface area contributed by atoms with Crippen LogP contribution in [-0.4, -0.2) is 50.8 Å². The molecule has 0 aliphatic carbocycles. The zero-order valence-corrected chi connectivity index (χ0v) is 22.5. The zero-order valence-electron chi connectivity index (χ0n) is 22.5. The highest BCUT2D eigenvalue weighted by atomic mass is 16.5. The second-order valence-corrected chi connectivity index (χ2v) is 9.21. The molecule has 1 unspecified atom stereocenters. The summed E-state index contributed by atoms with van der Waals surface area (Å²) in [6, 6.07) is 18.4. The van der Waals surface area contributed by atoms with Crippen LogP contribution in [0.4, 0.5) is 0 Å². The number of carbonyl (C=O) groups is 2. The maximum absolute atomic E-state index is 13.9. The second-order valence-electron chi connectivity index (χ2n) is 9.21. The van der Waals surface area contributed by atoms with Gasteiger partial charge in [0, 0.05) is 11.9 Å². The lowest BCUT2D eigenvalue weighted by Crippen LogP contribution is -2.44. The summed E-state index contributed by atoms with van der Waals surface area (Å²) in [7, 11) is 3.12. The van der Waals surface area contributed by atoms with Crippen molar-refractivity contribution in [1.29, 1.82) is 0 Å². The van der Waals surface area contributed by atoms with E-state index in [0.29, 0.717) is 46.7 Å². The topological polar surface area (TPSA) is 105 Å². The van der Waals surface area contributed by atoms with E-state index in [1.807, 2.05) is 18.2 Å². The van der Waals surface area contributed by atoms with Gasteiger partial charge in [-0.25, -0.2) is 9.59 Å². The highest BCUT2D eigenvalue weighted by Crippen LogP contribution is 2.39. The van der Waals surface area contributed by atoms with Crippen molar-refractivity contribution in [2.24, 2.45) is 0 Å². The monoisotopic (exact) mass is 543 g/mol. The fourth-order valence-corrected chi connectivity index (χ4v) is 4.89. The number of ether oxygens (including phenoxy) is 4. The van der Waals surface area contributed by atoms with Crippen molar-refractivity contribution in [3.63, 3.8) is 0 Å². The van der Waals surface area contributed by atoms with Gasteiger partial charge in [0.2, 0.25) is 0 Å². The molecule has 0 spiro atoms. The Morgan fingerprint density at radius 2 is 1.70 bits per heavy atom. The van der Waals surface area contributed by atoms with E-state index in [1.54, 1.807) is 74.6 Å². The second kappa shape index (κ2) is 11.5. The molecule has 9 heteroatoms. The van der Waals surface area contributed by atoms with E-state index >= 15 is 0 Å². The molecule has 4 aromatic rings. The average molecular weight is 544 g/mol. The number of carbonyl (C=O) groups excluding carboxylic acids is 2. The van der Waals surface area contributed by atoms with Crippen LogP contribution in [0.2, 0.25) is 0 Å². The molecular weight excluding hydrogens is 514 g/mol. The smallest absolute Gasteiger partial charge is 0.349 e. The molecule has 0 N–H and O–H groups in total. The van der Waals surface area contributed by atoms with Crippen LogP contribution in [0.5, 0.6) is 17.2 Å². The molecule has 0 saturated carbocycles. The summed E-state index contributed by atoms with van der Waals surface area (Å²) in [5.74, 6) is 0.752. The lowest BCUT2D eigenvalue weighted by Gasteiger charge is -2.37. The third kappa shape index (κ3) is 5.22. The number of hydrogen-bond acceptors (Lipinski definition) is 8. The molecule has 0 radical (unpaired) electrons. The van der Waals surface area contributed by atoms with Crippen LogP contribution in [0.1, 0.15) is 44.8 Å². The van der Waals surface area contributed by atoms with Gasteiger partial charge in [-0.05, 0) is 73.0 Å². The van der Waals surface area contributed by atoms with Crippen molar-refractivity contribution in [3.8, 4) is 17.2 Å². The maximum atomic E-state index is 13.9. The minimum atomic E-state index is -0.698. The molecule has 0 fully saturated rings. The lowest BCUT2D eigenvalue weighted by atomic mass is 9.91. The minimum absolute atomic E-state index is 0.0496. The molecule has 1 aliphatic rings. The van der Waals surface area contributed by atoms with Gasteiger partial charge in [0.1, 0.15) is 23.5 Å². The first-order valence-corrected chi connectivity index (χ1v) is 12.9. The van der Waals surface area contributed by atoms with Crippen molar-refractivity contribution in [1.82, 2.24) is 4.90 Å². The number of rotatable bonds is 8. The lowest BCUT2D eigenvalue weighted by molar-refractivity contribution is 0.0524. The van der Waals surface area contributed by atoms with Crippen molar-refractivity contribution >= 4 is 22.8 Å². The van der Waals surface area contributed by atoms with Crippen LogP contribution in [0.25, 0.3) is 11.0 Å². The number of para-hydroxylation sites is 1. The number of fused-ring (bicyclic) bond motifs is 2. The van der Waals surface area contributed by atoms with Crippen molar-refractivity contribution in [2.45, 2.75) is 19.4 Å². The van der Waals surface area contributed by atoms with Gasteiger partial charge in [0.05, 0.1) is 32.4 Å². The first kappa shape index (κ1) is 26.8. The van der Waals surface area contributed by atoms with Gasteiger partial charge in [-0.3, -0.25) is 4.79 Å². The number of amides is 1. The van der Waals surface area contributed by atoms with E-state index in [-0.39, 0.29) is 18.8 Å². The van der Waals surface area contributed by atoms with E-state index in [9.17, 15) is 14.4 Å². The molecule has 0 saturated heterocycles. The zero-order chi connectivity index (χ0) is 28.2. The van der Waals surface area contributed by atoms with Gasteiger partial charge in [0.25, 0.3) is 5.91 Å². The van der Waals surface area contributed by atoms with Crippen molar-refractivity contribution in [3.05, 3.63) is 99.4 Å². The molecule has 1 aliphatic heterocycles. The Labute approximate surface area is 230 Å². The van der Waals surface area contributed by atoms with E-state index in [2.05, 4.69) is 0 Å². The van der Waals surface area contributed by atoms with E-state index in [1.165, 1.54) is 0 Å². The Hall–Kier alpha value is -4.79. The maximum Gasteiger partial charge on any atom is 0.349 e. The third-order valence-electron chi connectivity index (χ3n) is 6.91. The molecule has 206 valence electrons. The minimum Gasteiger partial charge on any atom is -0.493 e. The predicted octanol–water partition coefficient (Wildman–Crippen LogP) is 4.81. The summed E-state index contributed by atoms with van der Waals surface area (Å²) in [6.07, 6.45) is 0.547. The van der Waals surface area contributed by atoms with Crippen LogP contribution in [0.3, 0.4) is 0 Å². The molecule has 1 atom stereocenters. The number of esters is 1. The van der Waals surface area contributed by atoms with Gasteiger partial charge in [-0.15, -0.1) is 0 Å². The molecule has 0 bridgehead atoms. The quantitative estimate of drug-likeness (QED) is 0.231. The fourth-order valence-electron chi connectivity index (χ4n) is 4.89. The summed E-state index contributed by atoms with van der Waals surface area (Å²) in [5, 5.41) is 0.656. The SMILES string of the molecule is CCOC(=O)c1ccc(OCC2c3cc(OC)c(OC)cc3CCN2C(=O)c2cc3ccccc3oc2=O)cc1. The molecule has 5 rings (SSSR count). The number of hydrogen-bond donors (Lipinski definition) is 0. The fraction of sp³-hybridized carbons (Fsp3) is 0.258. The van der Waals surface area contributed by atoms with E-state index in [0.717, 1.165) is 11.1 Å². The van der Waals surface area contributed by atoms with Crippen molar-refractivity contribution in [2.75, 3.05) is 34.0 Å². The first-order valence-electron chi connectivity index (χ1n) is 12.9. The van der Waals surface area contributed by atoms with Crippen LogP contribution >= 0.6 is 0 Å². The number of nitrogens with zero attached hydrogens (tertiary/aromatic N) is 1. The Balaban J connectivity index is 1.49. The van der Waals surface area contributed by atoms with Crippen LogP contribution in [0, 0.1) is 0 Å². The molecule has 40 heavy (non-hydrogen) atoms. The summed E-state index contributed by atoms with van der Waals surface area (Å²) >= 11 is 0. The summed E-state index contributed by atoms with van der Waals surface area (Å²) in [5.41, 5.74) is 1.89. The standard InChI is InChI=1S/C31H29NO8/c1-4-38-30(34)19-9-11-22(12-10-19)39-18-25-23-17-28(37-3)27(36-2)16-20(23)13-14-32(25)29(33)24-15-21-7-5-6-8-26(21)40-31(24)35/h5-12,15-17,25H,4,13-14,18H2,1-3H3. The van der Waals surface area contributed by atoms with Gasteiger partial charge in [-0.1, -0.05) is 18.2 Å². The highest BCUT2D eigenvalue weighted by Gasteiger charge is 2.34. The summed E-state index contributed by atoms with van der Waals surface area (Å²) in [4.78, 5) is 40.3. The largest absolute Gasteiger partial charge is 0.493 e. The Bertz CT molecular complexity index is 1610. The molecular formula is C31H29NO8. The molecule has 9 nitrogen and oxygen atoms in total. The third-order valence-corrected chi connectivity index (χ3v) is 6.91. The highest BCUT2D eigenvalue weighted by molar-refractivity contribution is 5.97. The predicted molar refractivity (Wildman–Crippen MR) is 147 cm³/mol. The summed E-state index contributed by atoms with van der Waals surface area (Å²) < 4.78 is 27.6. The van der Waals surface area contributed by atoms with Gasteiger partial charge >= 0.3 is 11.6 Å².